The van der Waals surface area contributed by atoms with Gasteiger partial charge in [-0.1, -0.05) is 38.5 Å². The van der Waals surface area contributed by atoms with E-state index in [1.54, 1.807) is 7.05 Å². The summed E-state index contributed by atoms with van der Waals surface area (Å²) in [6, 6.07) is 5.45. The number of amides is 12. The molecule has 6 aliphatic heterocycles. The number of nitrogens with one attached hydrogen (secondary N) is 12. The molecule has 6 rings (SSSR count). The Morgan fingerprint density at radius 2 is 0.352 bits per heavy atom. The number of hydrogen-bond acceptors (Lipinski definition) is 23. The van der Waals surface area contributed by atoms with Crippen molar-refractivity contribution in [2.24, 2.45) is 29.2 Å². The first-order valence-electron chi connectivity index (χ1n) is 39.6. The van der Waals surface area contributed by atoms with Crippen molar-refractivity contribution in [3.05, 3.63) is 0 Å². The van der Waals surface area contributed by atoms with Gasteiger partial charge >= 0.3 is 0 Å². The molecular formula is C73H161N23O12. The number of carbonyl (C=O) groups is 12. The predicted molar refractivity (Wildman–Crippen MR) is 435 cm³/mol. The molecule has 6 fully saturated rings. The van der Waals surface area contributed by atoms with E-state index in [9.17, 15) is 57.5 Å². The number of hydrogen-bond donors (Lipinski definition) is 17. The summed E-state index contributed by atoms with van der Waals surface area (Å²) in [4.78, 5) is 149. The van der Waals surface area contributed by atoms with Gasteiger partial charge in [0.05, 0.1) is 39.3 Å². The van der Waals surface area contributed by atoms with E-state index in [-0.39, 0.29) is 114 Å². The summed E-state index contributed by atoms with van der Waals surface area (Å²) >= 11 is 0. The van der Waals surface area contributed by atoms with Crippen molar-refractivity contribution in [3.8, 4) is 0 Å². The van der Waals surface area contributed by atoms with Gasteiger partial charge in [-0.05, 0) is 160 Å². The third-order valence-electron chi connectivity index (χ3n) is 21.3. The van der Waals surface area contributed by atoms with E-state index in [4.69, 9.17) is 29.2 Å². The van der Waals surface area contributed by atoms with Crippen molar-refractivity contribution >= 4 is 70.9 Å². The van der Waals surface area contributed by atoms with Crippen LogP contribution in [-0.2, 0) is 57.5 Å². The Morgan fingerprint density at radius 1 is 0.231 bits per heavy atom. The zero-order chi connectivity index (χ0) is 81.3. The average molecular weight is 1580 g/mol. The lowest BCUT2D eigenvalue weighted by molar-refractivity contribution is -0.125. The summed E-state index contributed by atoms with van der Waals surface area (Å²) < 4.78 is 0. The van der Waals surface area contributed by atoms with Crippen LogP contribution in [0.5, 0.6) is 0 Å². The summed E-state index contributed by atoms with van der Waals surface area (Å²) in [6.45, 7) is 30.5. The van der Waals surface area contributed by atoms with E-state index in [0.717, 1.165) is 77.0 Å². The quantitative estimate of drug-likeness (QED) is 0.0158. The third-order valence-corrected chi connectivity index (χ3v) is 21.3. The van der Waals surface area contributed by atoms with Gasteiger partial charge in [0.1, 0.15) is 0 Å². The Hall–Kier alpha value is -6.80. The topological polar surface area (TPSA) is 499 Å². The Balaban J connectivity index is -0.000000198. The number of piperidine rings is 6. The van der Waals surface area contributed by atoms with E-state index in [1.807, 2.05) is 27.1 Å². The maximum absolute atomic E-state index is 11.8. The molecule has 6 saturated heterocycles. The largest absolute Gasteiger partial charge is 0.359 e. The minimum absolute atomic E-state index is 0. The van der Waals surface area contributed by atoms with E-state index < -0.39 is 0 Å². The van der Waals surface area contributed by atoms with Crippen LogP contribution in [0.4, 0.5) is 0 Å². The Kier molecular flexibility index (Phi) is 52.6. The van der Waals surface area contributed by atoms with Crippen LogP contribution in [0.1, 0.15) is 249 Å². The van der Waals surface area contributed by atoms with Crippen LogP contribution < -0.4 is 93.6 Å². The fraction of sp³-hybridized carbons (Fsp3) is 0.836. The molecule has 640 valence electrons. The molecule has 0 aromatic heterocycles. The molecular weight excluding hydrogens is 1420 g/mol. The van der Waals surface area contributed by atoms with Gasteiger partial charge in [0.25, 0.3) is 0 Å². The van der Waals surface area contributed by atoms with E-state index in [1.165, 1.54) is 38.5 Å². The van der Waals surface area contributed by atoms with Crippen LogP contribution in [0.15, 0.2) is 0 Å². The minimum Gasteiger partial charge on any atom is -0.359 e. The molecule has 0 aromatic rings. The molecule has 12 amide bonds. The lowest BCUT2D eigenvalue weighted by atomic mass is 9.98. The fourth-order valence-electron chi connectivity index (χ4n) is 14.4. The zero-order valence-electron chi connectivity index (χ0n) is 67.9. The molecule has 0 unspecified atom stereocenters. The molecule has 0 spiro atoms. The SMILES string of the molecule is CNC(=O)CCNC(=O)C[15N]1[13C@H]([13CH3])CCC[13C@@H]1[13CH3].C[C@@H]1CCC[C@H](C)N1C[13C](=O)[15NH][13CH2][13CH2][13C](=O)NN.C[C@@H]1CCC[C@H](C)[15N]1C[13C](=O)N[13CH2][13CH2][13C](=O)NN.[13CH3][13C@@H]1CCC[13C@H]([13CH3])N1CC(=O)[15NH]CCC(=O)NN.[13CH3][C@@H]1CCC[C@H]([13CH3])N1C[13C](=O)[15NH][13CH2]CC(=O)NN.[13CH3][C@@H]1CCC[C@H]([13CH3])[15N]1C[13C](=O)N[13CH2]CC(=O)NN.[HH].[HH].[HH].[HH].[HH].[HH].[HH].[HH]. The van der Waals surface area contributed by atoms with Gasteiger partial charge in [-0.2, -0.15) is 0 Å². The lowest BCUT2D eigenvalue weighted by Crippen LogP contribution is -2.49. The Bertz CT molecular complexity index is 2200. The summed E-state index contributed by atoms with van der Waals surface area (Å²) in [5.41, 5.74) is 10.2. The van der Waals surface area contributed by atoms with E-state index in [2.05, 4.69) is 150 Å². The number of nitrogens with two attached hydrogens (primary N) is 5. The van der Waals surface area contributed by atoms with Gasteiger partial charge in [-0.15, -0.1) is 0 Å². The van der Waals surface area contributed by atoms with Crippen LogP contribution in [0.25, 0.3) is 0 Å². The smallest absolute Gasteiger partial charge is 0.235 e. The highest BCUT2D eigenvalue weighted by atomic mass is 16.3. The molecule has 108 heavy (non-hydrogen) atoms. The number of nitrogens with zero attached hydrogens (tertiary/aromatic N) is 6. The van der Waals surface area contributed by atoms with Gasteiger partial charge < -0.3 is 37.2 Å². The monoisotopic (exact) mass is 1580 g/mol. The summed E-state index contributed by atoms with van der Waals surface area (Å²) in [5.74, 6) is 23.3. The highest BCUT2D eigenvalue weighted by Gasteiger charge is 2.32. The van der Waals surface area contributed by atoms with Gasteiger partial charge in [-0.25, -0.2) is 29.2 Å². The van der Waals surface area contributed by atoms with Crippen LogP contribution in [0.3, 0.4) is 0 Å². The molecule has 35 heteroatoms. The minimum atomic E-state index is -0.269. The second-order valence-corrected chi connectivity index (χ2v) is 29.9. The maximum Gasteiger partial charge on any atom is 0.235 e. The average Bonchev–Trinajstić information content (AvgIpc) is 0.901. The van der Waals surface area contributed by atoms with Crippen LogP contribution >= 0.6 is 0 Å². The molecule has 6 aliphatic rings. The normalized spacial score (nSPS) is 24.6. The second-order valence-electron chi connectivity index (χ2n) is 29.9. The predicted octanol–water partition coefficient (Wildman–Crippen LogP) is 1.20. The zero-order valence-corrected chi connectivity index (χ0v) is 67.9. The molecule has 0 bridgehead atoms. The molecule has 0 aliphatic carbocycles. The number of hydrazine groups is 5. The summed E-state index contributed by atoms with van der Waals surface area (Å²) in [7, 11) is 1.60. The van der Waals surface area contributed by atoms with Crippen molar-refractivity contribution in [3.63, 3.8) is 0 Å². The molecule has 0 saturated carbocycles. The molecule has 0 aromatic carbocycles. The van der Waals surface area contributed by atoms with Crippen molar-refractivity contribution in [2.45, 2.75) is 310 Å². The van der Waals surface area contributed by atoms with Gasteiger partial charge in [0, 0.05) is 169 Å². The maximum atomic E-state index is 11.8. The fourth-order valence-corrected chi connectivity index (χ4v) is 14.4. The third kappa shape index (κ3) is 43.0. The van der Waals surface area contributed by atoms with Crippen LogP contribution in [-0.4, -0.2) is 258 Å². The van der Waals surface area contributed by atoms with E-state index >= 15 is 0 Å². The summed E-state index contributed by atoms with van der Waals surface area (Å²) in [6.07, 6.45) is 22.6. The number of likely N-dealkylation sites (tertiary alicyclic amines) is 6. The first-order valence-corrected chi connectivity index (χ1v) is 39.6. The second kappa shape index (κ2) is 57.3. The summed E-state index contributed by atoms with van der Waals surface area (Å²) in [5, 5.41) is 19.0. The van der Waals surface area contributed by atoms with Gasteiger partial charge in [-0.3, -0.25) is 114 Å². The van der Waals surface area contributed by atoms with Crippen molar-refractivity contribution in [2.75, 3.05) is 85.6 Å². The number of rotatable bonds is 30. The molecule has 0 radical (unpaired) electrons. The first kappa shape index (κ1) is 99.2. The van der Waals surface area contributed by atoms with Crippen LogP contribution in [0, 0.1) is 0 Å². The van der Waals surface area contributed by atoms with Crippen molar-refractivity contribution in [1.82, 2.24) is 93.7 Å². The van der Waals surface area contributed by atoms with Crippen molar-refractivity contribution in [1.29, 1.82) is 0 Å². The van der Waals surface area contributed by atoms with Gasteiger partial charge in [0.2, 0.25) is 70.9 Å². The highest BCUT2D eigenvalue weighted by Crippen LogP contribution is 2.26. The highest BCUT2D eigenvalue weighted by molar-refractivity contribution is 5.83. The lowest BCUT2D eigenvalue weighted by Gasteiger charge is -2.38. The molecule has 35 nitrogen and oxygen atoms in total. The van der Waals surface area contributed by atoms with Gasteiger partial charge in [0.15, 0.2) is 0 Å². The first-order chi connectivity index (χ1) is 51.2. The van der Waals surface area contributed by atoms with Crippen molar-refractivity contribution < 1.29 is 68.9 Å². The molecule has 22 N–H and O–H groups in total. The van der Waals surface area contributed by atoms with Crippen LogP contribution in [0.2, 0.25) is 0 Å². The van der Waals surface area contributed by atoms with E-state index in [0.29, 0.717) is 157 Å². The molecule has 12 atom stereocenters. The molecule has 6 heterocycles. The Labute approximate surface area is 656 Å². The standard InChI is InChI=1S/C13H25N3O2.5C12H24N4O2.8H2/c1-10-5-4-6-11(2)16(10)9-13(18)15-8-7-12(17)14-3;5*1-9-4-3-5-10(2)16(9)8-12(18)14-7-6-11(17)15-13;;;;;;;;/h10-11H,4-9H2,1-3H3,(H,14,17)(H,15,18);5*9-10H,3-8,13H2,1-2H3,(H,14,18)(H,15,17);8*1H/t10-,11+;5*9-,10+;;;;;;;;/i1+1,2+1,10+1,11+1,16+1;6+1,7+1,11+1,12+1,16+1;6+1,7+1,11+1,12+1,14+1;1+1,2+1,9+1,10+1,14+1;1+1,2+1,7+1,12+1,16+1;1+1,2+1,7+1,12+1,14+1;;;;;;;;. The Morgan fingerprint density at radius 3 is 0.463 bits per heavy atom. The number of carbonyl (C=O) groups excluding carboxylic acids is 12.